The predicted octanol–water partition coefficient (Wildman–Crippen LogP) is 2.02. The highest BCUT2D eigenvalue weighted by atomic mass is 35.5. The Morgan fingerprint density at radius 2 is 2.22 bits per heavy atom. The standard InChI is InChI=1S/C13H18N2OS.ClH/c1-9(14-2)7-15-13(16)11-8-17-12-6-4-3-5-10(11)12;/h3-6,9,11,14H,7-8H2,1-2H3,(H,15,16);1H. The van der Waals surface area contributed by atoms with E-state index < -0.39 is 0 Å². The largest absolute Gasteiger partial charge is 0.354 e. The molecule has 0 aromatic heterocycles. The Morgan fingerprint density at radius 3 is 2.94 bits per heavy atom. The second kappa shape index (κ2) is 7.02. The van der Waals surface area contributed by atoms with Crippen molar-refractivity contribution in [3.8, 4) is 0 Å². The summed E-state index contributed by atoms with van der Waals surface area (Å²) >= 11 is 1.77. The second-order valence-electron chi connectivity index (χ2n) is 4.34. The van der Waals surface area contributed by atoms with Crippen molar-refractivity contribution in [1.82, 2.24) is 10.6 Å². The summed E-state index contributed by atoms with van der Waals surface area (Å²) in [6.07, 6.45) is 0. The van der Waals surface area contributed by atoms with Crippen LogP contribution in [0, 0.1) is 0 Å². The number of carbonyl (C=O) groups excluding carboxylic acids is 1. The van der Waals surface area contributed by atoms with E-state index in [1.807, 2.05) is 19.2 Å². The lowest BCUT2D eigenvalue weighted by Gasteiger charge is -2.15. The molecule has 0 aliphatic carbocycles. The Hall–Kier alpha value is -0.710. The second-order valence-corrected chi connectivity index (χ2v) is 5.40. The number of thioether (sulfide) groups is 1. The summed E-state index contributed by atoms with van der Waals surface area (Å²) < 4.78 is 0. The third kappa shape index (κ3) is 3.40. The van der Waals surface area contributed by atoms with Crippen molar-refractivity contribution in [1.29, 1.82) is 0 Å². The molecular formula is C13H19ClN2OS. The maximum Gasteiger partial charge on any atom is 0.228 e. The van der Waals surface area contributed by atoms with Crippen LogP contribution in [0.2, 0.25) is 0 Å². The van der Waals surface area contributed by atoms with Crippen molar-refractivity contribution in [2.24, 2.45) is 0 Å². The van der Waals surface area contributed by atoms with Crippen molar-refractivity contribution < 1.29 is 4.79 Å². The van der Waals surface area contributed by atoms with Crippen LogP contribution in [0.15, 0.2) is 29.2 Å². The minimum atomic E-state index is 0. The van der Waals surface area contributed by atoms with Gasteiger partial charge in [0.15, 0.2) is 0 Å². The van der Waals surface area contributed by atoms with Crippen LogP contribution in [0.4, 0.5) is 0 Å². The van der Waals surface area contributed by atoms with Gasteiger partial charge in [-0.2, -0.15) is 0 Å². The minimum absolute atomic E-state index is 0. The number of hydrogen-bond donors (Lipinski definition) is 2. The number of nitrogens with one attached hydrogen (secondary N) is 2. The average Bonchev–Trinajstić information content (AvgIpc) is 2.79. The lowest BCUT2D eigenvalue weighted by atomic mass is 10.0. The Kier molecular flexibility index (Phi) is 5.99. The van der Waals surface area contributed by atoms with E-state index in [1.165, 1.54) is 10.5 Å². The van der Waals surface area contributed by atoms with E-state index in [4.69, 9.17) is 0 Å². The van der Waals surface area contributed by atoms with E-state index in [2.05, 4.69) is 29.7 Å². The molecule has 100 valence electrons. The first kappa shape index (κ1) is 15.3. The first-order valence-electron chi connectivity index (χ1n) is 5.89. The highest BCUT2D eigenvalue weighted by Gasteiger charge is 2.28. The monoisotopic (exact) mass is 286 g/mol. The normalized spacial score (nSPS) is 18.7. The molecule has 5 heteroatoms. The summed E-state index contributed by atoms with van der Waals surface area (Å²) in [6.45, 7) is 2.73. The van der Waals surface area contributed by atoms with Crippen LogP contribution < -0.4 is 10.6 Å². The summed E-state index contributed by atoms with van der Waals surface area (Å²) in [4.78, 5) is 13.3. The predicted molar refractivity (Wildman–Crippen MR) is 78.7 cm³/mol. The molecule has 1 aromatic rings. The zero-order valence-electron chi connectivity index (χ0n) is 10.6. The van der Waals surface area contributed by atoms with E-state index in [0.29, 0.717) is 12.6 Å². The number of fused-ring (bicyclic) bond motifs is 1. The molecule has 1 aromatic carbocycles. The SMILES string of the molecule is CNC(C)CNC(=O)C1CSc2ccccc21.Cl. The highest BCUT2D eigenvalue weighted by molar-refractivity contribution is 7.99. The van der Waals surface area contributed by atoms with Crippen molar-refractivity contribution >= 4 is 30.1 Å². The van der Waals surface area contributed by atoms with Gasteiger partial charge in [-0.05, 0) is 25.6 Å². The number of carbonyl (C=O) groups is 1. The van der Waals surface area contributed by atoms with E-state index in [0.717, 1.165) is 5.75 Å². The third-order valence-corrected chi connectivity index (χ3v) is 4.27. The van der Waals surface area contributed by atoms with E-state index in [1.54, 1.807) is 11.8 Å². The molecule has 0 saturated carbocycles. The van der Waals surface area contributed by atoms with Gasteiger partial charge in [-0.25, -0.2) is 0 Å². The summed E-state index contributed by atoms with van der Waals surface area (Å²) in [5.41, 5.74) is 1.17. The fraction of sp³-hybridized carbons (Fsp3) is 0.462. The molecule has 2 unspecified atom stereocenters. The van der Waals surface area contributed by atoms with Gasteiger partial charge in [-0.15, -0.1) is 24.2 Å². The zero-order valence-corrected chi connectivity index (χ0v) is 12.2. The number of amides is 1. The zero-order chi connectivity index (χ0) is 12.3. The van der Waals surface area contributed by atoms with Crippen LogP contribution in [0.1, 0.15) is 18.4 Å². The smallest absolute Gasteiger partial charge is 0.228 e. The molecule has 1 aliphatic rings. The van der Waals surface area contributed by atoms with E-state index >= 15 is 0 Å². The van der Waals surface area contributed by atoms with Crippen molar-refractivity contribution in [2.45, 2.75) is 23.8 Å². The van der Waals surface area contributed by atoms with Gasteiger partial charge >= 0.3 is 0 Å². The van der Waals surface area contributed by atoms with Gasteiger partial charge in [0.25, 0.3) is 0 Å². The number of halogens is 1. The third-order valence-electron chi connectivity index (χ3n) is 3.09. The van der Waals surface area contributed by atoms with Crippen LogP contribution in [0.25, 0.3) is 0 Å². The summed E-state index contributed by atoms with van der Waals surface area (Å²) in [7, 11) is 1.90. The first-order chi connectivity index (χ1) is 8.22. The molecule has 1 heterocycles. The minimum Gasteiger partial charge on any atom is -0.354 e. The van der Waals surface area contributed by atoms with Gasteiger partial charge in [0, 0.05) is 23.2 Å². The Bertz CT molecular complexity index is 414. The van der Waals surface area contributed by atoms with Gasteiger partial charge in [0.2, 0.25) is 5.91 Å². The fourth-order valence-electron chi connectivity index (χ4n) is 1.86. The molecule has 2 N–H and O–H groups in total. The van der Waals surface area contributed by atoms with Crippen molar-refractivity contribution in [3.05, 3.63) is 29.8 Å². The molecule has 1 amide bonds. The maximum atomic E-state index is 12.1. The molecule has 1 aliphatic heterocycles. The topological polar surface area (TPSA) is 41.1 Å². The van der Waals surface area contributed by atoms with Crippen molar-refractivity contribution in [2.75, 3.05) is 19.3 Å². The quantitative estimate of drug-likeness (QED) is 0.890. The summed E-state index contributed by atoms with van der Waals surface area (Å²) in [5.74, 6) is 1.02. The van der Waals surface area contributed by atoms with Gasteiger partial charge in [-0.1, -0.05) is 18.2 Å². The molecule has 0 bridgehead atoms. The van der Waals surface area contributed by atoms with E-state index in [-0.39, 0.29) is 24.2 Å². The number of likely N-dealkylation sites (N-methyl/N-ethyl adjacent to an activating group) is 1. The first-order valence-corrected chi connectivity index (χ1v) is 6.87. The van der Waals surface area contributed by atoms with Crippen LogP contribution >= 0.6 is 24.2 Å². The summed E-state index contributed by atoms with van der Waals surface area (Å²) in [6, 6.07) is 8.48. The Morgan fingerprint density at radius 1 is 1.50 bits per heavy atom. The average molecular weight is 287 g/mol. The molecule has 0 fully saturated rings. The number of hydrogen-bond acceptors (Lipinski definition) is 3. The van der Waals surface area contributed by atoms with Crippen molar-refractivity contribution in [3.63, 3.8) is 0 Å². The number of benzene rings is 1. The van der Waals surface area contributed by atoms with E-state index in [9.17, 15) is 4.79 Å². The van der Waals surface area contributed by atoms with Crippen LogP contribution in [-0.2, 0) is 4.79 Å². The molecule has 3 nitrogen and oxygen atoms in total. The lowest BCUT2D eigenvalue weighted by molar-refractivity contribution is -0.122. The lowest BCUT2D eigenvalue weighted by Crippen LogP contribution is -2.39. The molecule has 2 atom stereocenters. The molecule has 0 spiro atoms. The maximum absolute atomic E-state index is 12.1. The highest BCUT2D eigenvalue weighted by Crippen LogP contribution is 2.39. The molecular weight excluding hydrogens is 268 g/mol. The van der Waals surface area contributed by atoms with Crippen LogP contribution in [0.3, 0.4) is 0 Å². The Balaban J connectivity index is 0.00000162. The summed E-state index contributed by atoms with van der Waals surface area (Å²) in [5, 5.41) is 6.11. The fourth-order valence-corrected chi connectivity index (χ4v) is 3.09. The van der Waals surface area contributed by atoms with Gasteiger partial charge in [-0.3, -0.25) is 4.79 Å². The molecule has 2 rings (SSSR count). The molecule has 18 heavy (non-hydrogen) atoms. The number of rotatable bonds is 4. The van der Waals surface area contributed by atoms with Crippen LogP contribution in [-0.4, -0.2) is 31.3 Å². The molecule has 0 radical (unpaired) electrons. The van der Waals surface area contributed by atoms with Crippen LogP contribution in [0.5, 0.6) is 0 Å². The van der Waals surface area contributed by atoms with Gasteiger partial charge in [0.05, 0.1) is 5.92 Å². The Labute approximate surface area is 119 Å². The van der Waals surface area contributed by atoms with Gasteiger partial charge < -0.3 is 10.6 Å². The van der Waals surface area contributed by atoms with Gasteiger partial charge in [0.1, 0.15) is 0 Å². The molecule has 0 saturated heterocycles.